The van der Waals surface area contributed by atoms with Crippen molar-refractivity contribution in [3.63, 3.8) is 0 Å². The van der Waals surface area contributed by atoms with Gasteiger partial charge in [-0.05, 0) is 53.3 Å². The normalized spacial score (nSPS) is 19.2. The zero-order chi connectivity index (χ0) is 13.8. The van der Waals surface area contributed by atoms with Crippen LogP contribution in [0.25, 0.3) is 10.1 Å². The number of rotatable bonds is 1. The molecule has 1 fully saturated rings. The molecular weight excluding hydrogens is 264 g/mol. The fourth-order valence-corrected chi connectivity index (χ4v) is 4.55. The van der Waals surface area contributed by atoms with Crippen molar-refractivity contribution >= 4 is 21.4 Å². The molecule has 1 N–H and O–H groups in total. The Bertz CT molecular complexity index is 548. The molecular formula is C18H24OS. The Kier molecular flexibility index (Phi) is 4.62. The number of hydrogen-bond acceptors (Lipinski definition) is 2. The van der Waals surface area contributed by atoms with Crippen LogP contribution < -0.4 is 0 Å². The van der Waals surface area contributed by atoms with E-state index in [1.54, 1.807) is 11.3 Å². The second-order valence-electron chi connectivity index (χ2n) is 6.12. The minimum absolute atomic E-state index is 0.386. The van der Waals surface area contributed by atoms with Crippen LogP contribution in [0, 0.1) is 0 Å². The van der Waals surface area contributed by atoms with Crippen LogP contribution in [0.1, 0.15) is 69.3 Å². The highest BCUT2D eigenvalue weighted by atomic mass is 32.1. The lowest BCUT2D eigenvalue weighted by Crippen LogP contribution is -2.00. The summed E-state index contributed by atoms with van der Waals surface area (Å²) in [6, 6.07) is 5.85. The smallest absolute Gasteiger partial charge is 0.117 e. The monoisotopic (exact) mass is 288 g/mol. The average molecular weight is 288 g/mol. The number of phenolic OH excluding ortho intramolecular Hbond substituents is 1. The molecule has 0 amide bonds. The topological polar surface area (TPSA) is 20.2 Å². The van der Waals surface area contributed by atoms with E-state index in [4.69, 9.17) is 0 Å². The van der Waals surface area contributed by atoms with Gasteiger partial charge in [-0.1, -0.05) is 44.9 Å². The average Bonchev–Trinajstić information content (AvgIpc) is 2.87. The molecule has 2 heteroatoms. The zero-order valence-electron chi connectivity index (χ0n) is 12.1. The first kappa shape index (κ1) is 13.9. The summed E-state index contributed by atoms with van der Waals surface area (Å²) in [7, 11) is 0. The number of thiophene rings is 1. The second-order valence-corrected chi connectivity index (χ2v) is 7.03. The highest BCUT2D eigenvalue weighted by Crippen LogP contribution is 2.38. The van der Waals surface area contributed by atoms with Crippen LogP contribution in [0.3, 0.4) is 0 Å². The van der Waals surface area contributed by atoms with Crippen molar-refractivity contribution in [1.82, 2.24) is 0 Å². The Labute approximate surface area is 125 Å². The van der Waals surface area contributed by atoms with E-state index in [2.05, 4.69) is 11.4 Å². The van der Waals surface area contributed by atoms with E-state index in [0.29, 0.717) is 5.75 Å². The Morgan fingerprint density at radius 1 is 0.900 bits per heavy atom. The van der Waals surface area contributed by atoms with Gasteiger partial charge in [0.15, 0.2) is 0 Å². The molecule has 0 bridgehead atoms. The molecule has 0 atom stereocenters. The fraction of sp³-hybridized carbons (Fsp3) is 0.556. The Balaban J connectivity index is 1.83. The molecule has 3 rings (SSSR count). The highest BCUT2D eigenvalue weighted by Gasteiger charge is 2.16. The van der Waals surface area contributed by atoms with E-state index in [1.807, 2.05) is 12.1 Å². The molecule has 1 nitrogen and oxygen atoms in total. The van der Waals surface area contributed by atoms with Crippen molar-refractivity contribution in [3.05, 3.63) is 29.1 Å². The first-order valence-electron chi connectivity index (χ1n) is 8.05. The van der Waals surface area contributed by atoms with Crippen LogP contribution in [0.5, 0.6) is 5.75 Å². The van der Waals surface area contributed by atoms with Crippen LogP contribution in [-0.4, -0.2) is 5.11 Å². The van der Waals surface area contributed by atoms with Crippen molar-refractivity contribution < 1.29 is 5.11 Å². The molecule has 2 aromatic rings. The second kappa shape index (κ2) is 6.62. The van der Waals surface area contributed by atoms with Gasteiger partial charge in [-0.25, -0.2) is 0 Å². The molecule has 0 aliphatic heterocycles. The largest absolute Gasteiger partial charge is 0.508 e. The number of benzene rings is 1. The maximum atomic E-state index is 9.61. The van der Waals surface area contributed by atoms with Crippen molar-refractivity contribution in [2.24, 2.45) is 0 Å². The lowest BCUT2D eigenvalue weighted by Gasteiger charge is -2.18. The minimum Gasteiger partial charge on any atom is -0.508 e. The molecule has 0 saturated heterocycles. The number of fused-ring (bicyclic) bond motifs is 1. The van der Waals surface area contributed by atoms with E-state index in [-0.39, 0.29) is 0 Å². The molecule has 0 unspecified atom stereocenters. The Morgan fingerprint density at radius 2 is 1.55 bits per heavy atom. The van der Waals surface area contributed by atoms with E-state index in [9.17, 15) is 5.11 Å². The lowest BCUT2D eigenvalue weighted by atomic mass is 9.87. The van der Waals surface area contributed by atoms with Gasteiger partial charge in [-0.3, -0.25) is 0 Å². The van der Waals surface area contributed by atoms with Crippen LogP contribution in [0.2, 0.25) is 0 Å². The summed E-state index contributed by atoms with van der Waals surface area (Å²) in [6.07, 6.45) is 12.5. The molecule has 1 aromatic heterocycles. The van der Waals surface area contributed by atoms with Crippen LogP contribution >= 0.6 is 11.3 Å². The maximum Gasteiger partial charge on any atom is 0.117 e. The molecule has 1 aliphatic rings. The first-order valence-corrected chi connectivity index (χ1v) is 8.92. The highest BCUT2D eigenvalue weighted by molar-refractivity contribution is 7.17. The summed E-state index contributed by atoms with van der Waals surface area (Å²) in [5.41, 5.74) is 1.53. The van der Waals surface area contributed by atoms with Crippen LogP contribution in [-0.2, 0) is 0 Å². The lowest BCUT2D eigenvalue weighted by molar-refractivity contribution is 0.464. The zero-order valence-corrected chi connectivity index (χ0v) is 12.9. The van der Waals surface area contributed by atoms with E-state index in [0.717, 1.165) is 5.92 Å². The van der Waals surface area contributed by atoms with Crippen molar-refractivity contribution in [3.8, 4) is 5.75 Å². The predicted octanol–water partition coefficient (Wildman–Crippen LogP) is 6.22. The molecule has 108 valence electrons. The van der Waals surface area contributed by atoms with Gasteiger partial charge in [0.05, 0.1) is 0 Å². The Hall–Kier alpha value is -1.02. The van der Waals surface area contributed by atoms with Crippen molar-refractivity contribution in [2.45, 2.75) is 63.7 Å². The third-order valence-electron chi connectivity index (χ3n) is 4.63. The van der Waals surface area contributed by atoms with Gasteiger partial charge in [0.1, 0.15) is 5.75 Å². The third kappa shape index (κ3) is 3.17. The molecule has 1 heterocycles. The molecule has 1 aromatic carbocycles. The van der Waals surface area contributed by atoms with E-state index < -0.39 is 0 Å². The molecule has 20 heavy (non-hydrogen) atoms. The first-order chi connectivity index (χ1) is 9.84. The van der Waals surface area contributed by atoms with Crippen molar-refractivity contribution in [1.29, 1.82) is 0 Å². The minimum atomic E-state index is 0.386. The Morgan fingerprint density at radius 3 is 2.25 bits per heavy atom. The van der Waals surface area contributed by atoms with Crippen molar-refractivity contribution in [2.75, 3.05) is 0 Å². The van der Waals surface area contributed by atoms with Gasteiger partial charge in [0.2, 0.25) is 0 Å². The summed E-state index contributed by atoms with van der Waals surface area (Å²) in [5.74, 6) is 1.11. The third-order valence-corrected chi connectivity index (χ3v) is 5.60. The summed E-state index contributed by atoms with van der Waals surface area (Å²) < 4.78 is 1.23. The maximum absolute atomic E-state index is 9.61. The van der Waals surface area contributed by atoms with E-state index in [1.165, 1.54) is 73.4 Å². The summed E-state index contributed by atoms with van der Waals surface area (Å²) in [4.78, 5) is 0. The fourth-order valence-electron chi connectivity index (χ4n) is 3.47. The predicted molar refractivity (Wildman–Crippen MR) is 87.8 cm³/mol. The van der Waals surface area contributed by atoms with Gasteiger partial charge in [0.25, 0.3) is 0 Å². The van der Waals surface area contributed by atoms with Gasteiger partial charge in [0, 0.05) is 4.70 Å². The molecule has 1 aliphatic carbocycles. The molecule has 0 radical (unpaired) electrons. The van der Waals surface area contributed by atoms with E-state index >= 15 is 0 Å². The van der Waals surface area contributed by atoms with Crippen LogP contribution in [0.4, 0.5) is 0 Å². The summed E-state index contributed by atoms with van der Waals surface area (Å²) in [5, 5.41) is 13.3. The summed E-state index contributed by atoms with van der Waals surface area (Å²) >= 11 is 1.78. The van der Waals surface area contributed by atoms with Gasteiger partial charge in [-0.15, -0.1) is 11.3 Å². The quantitative estimate of drug-likeness (QED) is 0.661. The van der Waals surface area contributed by atoms with Crippen LogP contribution in [0.15, 0.2) is 23.6 Å². The summed E-state index contributed by atoms with van der Waals surface area (Å²) in [6.45, 7) is 0. The van der Waals surface area contributed by atoms with Gasteiger partial charge in [-0.2, -0.15) is 0 Å². The van der Waals surface area contributed by atoms with Gasteiger partial charge < -0.3 is 5.11 Å². The standard InChI is InChI=1S/C18H24OS/c19-15-10-11-16-17(13-20-18(16)12-15)14-8-6-4-2-1-3-5-7-9-14/h10-14,19H,1-9H2. The number of phenols is 1. The molecule has 1 saturated carbocycles. The molecule has 0 spiro atoms. The SMILES string of the molecule is Oc1ccc2c(C3CCCCCCCCC3)csc2c1. The van der Waals surface area contributed by atoms with Gasteiger partial charge >= 0.3 is 0 Å². The number of aromatic hydroxyl groups is 1. The number of hydrogen-bond donors (Lipinski definition) is 1.